The van der Waals surface area contributed by atoms with Crippen LogP contribution in [0.3, 0.4) is 0 Å². The third-order valence-electron chi connectivity index (χ3n) is 9.70. The number of aryl methyl sites for hydroxylation is 2. The van der Waals surface area contributed by atoms with E-state index in [9.17, 15) is 0 Å². The lowest BCUT2D eigenvalue weighted by atomic mass is 9.89. The van der Waals surface area contributed by atoms with Crippen LogP contribution in [0.25, 0.3) is 66.0 Å². The molecule has 0 bridgehead atoms. The van der Waals surface area contributed by atoms with Gasteiger partial charge in [0.05, 0.1) is 5.75 Å². The lowest BCUT2D eigenvalue weighted by molar-refractivity contribution is 0.311. The van der Waals surface area contributed by atoms with Crippen LogP contribution in [0, 0.1) is 13.8 Å². The SMILES string of the molecule is Cc1ccc2cccc([O][Al]([O]c3ccc(-c4ccc(-c5ccccc5)cc4-c4ccccc4)c4ccccc34)[O]c3cccc4ccc(C)nc34)c2n1. The molecule has 0 N–H and O–H groups in total. The monoisotopic (exact) mass is 714 g/mol. The molecule has 2 heterocycles. The minimum atomic E-state index is -3.04. The van der Waals surface area contributed by atoms with Gasteiger partial charge in [0.1, 0.15) is 22.5 Å². The molecule has 0 amide bonds. The second-order valence-electron chi connectivity index (χ2n) is 13.4. The fraction of sp³-hybridized carbons (Fsp3) is 0.0417. The Kier molecular flexibility index (Phi) is 8.98. The topological polar surface area (TPSA) is 53.5 Å². The van der Waals surface area contributed by atoms with Crippen LogP contribution in [-0.2, 0) is 0 Å². The van der Waals surface area contributed by atoms with E-state index in [1.807, 2.05) is 74.5 Å². The summed E-state index contributed by atoms with van der Waals surface area (Å²) >= 11 is -3.04. The minimum Gasteiger partial charge on any atom is -0.577 e. The number of hydrogen-bond acceptors (Lipinski definition) is 5. The second-order valence-corrected chi connectivity index (χ2v) is 14.6. The van der Waals surface area contributed by atoms with Gasteiger partial charge in [-0.25, -0.2) is 9.97 Å². The summed E-state index contributed by atoms with van der Waals surface area (Å²) < 4.78 is 20.5. The number of fused-ring (bicyclic) bond motifs is 3. The van der Waals surface area contributed by atoms with Gasteiger partial charge in [-0.2, -0.15) is 0 Å². The van der Waals surface area contributed by atoms with Crippen molar-refractivity contribution in [3.05, 3.63) is 187 Å². The molecular weight excluding hydrogens is 680 g/mol. The second kappa shape index (κ2) is 14.5. The van der Waals surface area contributed by atoms with E-state index < -0.39 is 15.1 Å². The zero-order chi connectivity index (χ0) is 36.4. The van der Waals surface area contributed by atoms with Crippen molar-refractivity contribution in [2.75, 3.05) is 0 Å². The van der Waals surface area contributed by atoms with Crippen molar-refractivity contribution in [1.29, 1.82) is 0 Å². The van der Waals surface area contributed by atoms with Gasteiger partial charge < -0.3 is 11.4 Å². The molecule has 0 aliphatic rings. The molecule has 0 spiro atoms. The van der Waals surface area contributed by atoms with Crippen LogP contribution in [0.1, 0.15) is 11.4 Å². The average Bonchev–Trinajstić information content (AvgIpc) is 3.22. The zero-order valence-electron chi connectivity index (χ0n) is 29.9. The number of nitrogens with zero attached hydrogens (tertiary/aromatic N) is 2. The first-order valence-electron chi connectivity index (χ1n) is 18.1. The quantitative estimate of drug-likeness (QED) is 0.139. The molecule has 9 rings (SSSR count). The fourth-order valence-electron chi connectivity index (χ4n) is 7.06. The molecule has 258 valence electrons. The highest BCUT2D eigenvalue weighted by molar-refractivity contribution is 6.40. The van der Waals surface area contributed by atoms with Gasteiger partial charge in [-0.05, 0) is 89.0 Å². The van der Waals surface area contributed by atoms with Gasteiger partial charge in [0.15, 0.2) is 0 Å². The normalized spacial score (nSPS) is 11.1. The lowest BCUT2D eigenvalue weighted by Gasteiger charge is -2.20. The lowest BCUT2D eigenvalue weighted by Crippen LogP contribution is -2.37. The van der Waals surface area contributed by atoms with Crippen molar-refractivity contribution in [3.8, 4) is 50.6 Å². The van der Waals surface area contributed by atoms with Crippen molar-refractivity contribution in [3.63, 3.8) is 0 Å². The van der Waals surface area contributed by atoms with E-state index in [-0.39, 0.29) is 0 Å². The smallest absolute Gasteiger partial charge is 0.577 e. The first-order chi connectivity index (χ1) is 26.6. The number of para-hydroxylation sites is 2. The van der Waals surface area contributed by atoms with Gasteiger partial charge in [-0.15, -0.1) is 0 Å². The first-order valence-corrected chi connectivity index (χ1v) is 19.5. The summed E-state index contributed by atoms with van der Waals surface area (Å²) in [5.41, 5.74) is 10.2. The van der Waals surface area contributed by atoms with Gasteiger partial charge in [-0.3, -0.25) is 0 Å². The summed E-state index contributed by atoms with van der Waals surface area (Å²) in [7, 11) is 0. The van der Waals surface area contributed by atoms with E-state index in [1.165, 1.54) is 11.1 Å². The molecule has 0 atom stereocenters. The van der Waals surface area contributed by atoms with E-state index in [2.05, 4.69) is 115 Å². The highest BCUT2D eigenvalue weighted by Gasteiger charge is 2.46. The number of pyridine rings is 2. The molecule has 0 saturated heterocycles. The molecule has 0 radical (unpaired) electrons. The van der Waals surface area contributed by atoms with Gasteiger partial charge in [0.2, 0.25) is 0 Å². The molecule has 0 saturated carbocycles. The zero-order valence-corrected chi connectivity index (χ0v) is 31.1. The highest BCUT2D eigenvalue weighted by atomic mass is 27.3. The Labute approximate surface area is 319 Å². The summed E-state index contributed by atoms with van der Waals surface area (Å²) in [6, 6.07) is 60.4. The van der Waals surface area contributed by atoms with Crippen LogP contribution in [-0.4, -0.2) is 25.1 Å². The van der Waals surface area contributed by atoms with Gasteiger partial charge in [0, 0.05) is 27.5 Å². The van der Waals surface area contributed by atoms with Crippen LogP contribution in [0.4, 0.5) is 0 Å². The molecule has 9 aromatic rings. The summed E-state index contributed by atoms with van der Waals surface area (Å²) in [4.78, 5) is 9.66. The van der Waals surface area contributed by atoms with Gasteiger partial charge in [0.25, 0.3) is 0 Å². The Hall–Kier alpha value is -6.45. The Morgan fingerprint density at radius 2 is 0.907 bits per heavy atom. The highest BCUT2D eigenvalue weighted by Crippen LogP contribution is 2.41. The molecule has 2 aromatic heterocycles. The molecule has 7 aromatic carbocycles. The van der Waals surface area contributed by atoms with Crippen molar-refractivity contribution in [1.82, 2.24) is 9.97 Å². The van der Waals surface area contributed by atoms with E-state index in [1.54, 1.807) is 0 Å². The van der Waals surface area contributed by atoms with Crippen LogP contribution in [0.15, 0.2) is 176 Å². The third kappa shape index (κ3) is 6.66. The summed E-state index contributed by atoms with van der Waals surface area (Å²) in [5, 5.41) is 3.99. The van der Waals surface area contributed by atoms with Crippen molar-refractivity contribution in [2.45, 2.75) is 13.8 Å². The predicted molar refractivity (Wildman–Crippen MR) is 221 cm³/mol. The van der Waals surface area contributed by atoms with Crippen molar-refractivity contribution < 1.29 is 11.4 Å². The molecule has 5 nitrogen and oxygen atoms in total. The maximum atomic E-state index is 6.92. The molecule has 6 heteroatoms. The van der Waals surface area contributed by atoms with E-state index in [4.69, 9.17) is 21.3 Å². The van der Waals surface area contributed by atoms with Crippen LogP contribution >= 0.6 is 0 Å². The maximum Gasteiger partial charge on any atom is 1.20 e. The minimum absolute atomic E-state index is 0.615. The van der Waals surface area contributed by atoms with Crippen LogP contribution in [0.2, 0.25) is 0 Å². The molecule has 54 heavy (non-hydrogen) atoms. The standard InChI is InChI=1S/C28H20O.2C10H9NO.Al/c29-28-18-17-24(23-13-7-8-14-26(23)28)25-16-15-22(20-9-3-1-4-10-20)19-27(25)21-11-5-2-6-12-21;2*1-7-5-6-8-3-2-4-9(12)10(8)11-7;/h1-19,29H;2*2-6,12H,1H3;/q;;;+3/p-3. The Bertz CT molecular complexity index is 2700. The van der Waals surface area contributed by atoms with Gasteiger partial charge >= 0.3 is 15.1 Å². The molecule has 0 aliphatic carbocycles. The van der Waals surface area contributed by atoms with Crippen molar-refractivity contribution in [2.24, 2.45) is 0 Å². The van der Waals surface area contributed by atoms with E-state index >= 15 is 0 Å². The maximum absolute atomic E-state index is 6.92. The third-order valence-corrected chi connectivity index (χ3v) is 11.0. The van der Waals surface area contributed by atoms with Gasteiger partial charge in [-0.1, -0.05) is 140 Å². The van der Waals surface area contributed by atoms with E-state index in [0.717, 1.165) is 66.2 Å². The molecular formula is C48H35AlN2O3. The number of hydrogen-bond donors (Lipinski definition) is 0. The fourth-order valence-corrected chi connectivity index (χ4v) is 8.42. The molecule has 0 aliphatic heterocycles. The molecule has 0 unspecified atom stereocenters. The van der Waals surface area contributed by atoms with Crippen molar-refractivity contribution >= 4 is 47.7 Å². The summed E-state index contributed by atoms with van der Waals surface area (Å²) in [6.45, 7) is 3.96. The van der Waals surface area contributed by atoms with Crippen LogP contribution < -0.4 is 11.4 Å². The summed E-state index contributed by atoms with van der Waals surface area (Å²) in [6.07, 6.45) is 0. The average molecular weight is 715 g/mol. The summed E-state index contributed by atoms with van der Waals surface area (Å²) in [5.74, 6) is 1.91. The number of aromatic nitrogens is 2. The number of benzene rings is 7. The first kappa shape index (κ1) is 33.4. The molecule has 0 fully saturated rings. The Morgan fingerprint density at radius 1 is 0.370 bits per heavy atom. The van der Waals surface area contributed by atoms with E-state index in [0.29, 0.717) is 17.2 Å². The number of rotatable bonds is 9. The Balaban J connectivity index is 1.16. The van der Waals surface area contributed by atoms with Crippen LogP contribution in [0.5, 0.6) is 17.2 Å². The predicted octanol–water partition coefficient (Wildman–Crippen LogP) is 12.1. The largest absolute Gasteiger partial charge is 1.20 e. The Morgan fingerprint density at radius 3 is 1.54 bits per heavy atom.